The molecule has 2 aromatic rings. The zero-order chi connectivity index (χ0) is 14.3. The van der Waals surface area contributed by atoms with Crippen LogP contribution in [0.15, 0.2) is 24.3 Å². The Morgan fingerprint density at radius 1 is 1.30 bits per heavy atom. The maximum Gasteiger partial charge on any atom is 0.324 e. The third kappa shape index (κ3) is 2.43. The van der Waals surface area contributed by atoms with Crippen molar-refractivity contribution in [1.29, 1.82) is 0 Å². The minimum absolute atomic E-state index is 0.173. The number of aromatic amines is 1. The molecular formula is C16H20N2O2. The van der Waals surface area contributed by atoms with Gasteiger partial charge in [0.2, 0.25) is 0 Å². The van der Waals surface area contributed by atoms with Crippen molar-refractivity contribution in [2.75, 3.05) is 0 Å². The largest absolute Gasteiger partial charge is 0.459 e. The molecule has 4 heteroatoms. The van der Waals surface area contributed by atoms with Gasteiger partial charge in [-0.15, -0.1) is 0 Å². The number of hydrogen-bond acceptors (Lipinski definition) is 3. The number of nitrogens with one attached hydrogen (secondary N) is 2. The fourth-order valence-corrected chi connectivity index (χ4v) is 2.68. The van der Waals surface area contributed by atoms with Gasteiger partial charge in [-0.3, -0.25) is 10.1 Å². The molecule has 0 saturated carbocycles. The van der Waals surface area contributed by atoms with Gasteiger partial charge in [0.15, 0.2) is 0 Å². The summed E-state index contributed by atoms with van der Waals surface area (Å²) in [6.07, 6.45) is 0.675. The number of esters is 1. The van der Waals surface area contributed by atoms with Crippen LogP contribution in [0.1, 0.15) is 32.0 Å². The van der Waals surface area contributed by atoms with Crippen LogP contribution >= 0.6 is 0 Å². The number of rotatable bonds is 1. The van der Waals surface area contributed by atoms with Gasteiger partial charge in [0.25, 0.3) is 0 Å². The van der Waals surface area contributed by atoms with Crippen molar-refractivity contribution < 1.29 is 9.53 Å². The highest BCUT2D eigenvalue weighted by Gasteiger charge is 2.30. The number of hydrogen-bond donors (Lipinski definition) is 2. The molecule has 0 aliphatic carbocycles. The van der Waals surface area contributed by atoms with Gasteiger partial charge in [0, 0.05) is 29.6 Å². The zero-order valence-corrected chi connectivity index (χ0v) is 12.1. The number of fused-ring (bicyclic) bond motifs is 3. The van der Waals surface area contributed by atoms with Gasteiger partial charge in [-0.25, -0.2) is 0 Å². The average molecular weight is 272 g/mol. The lowest BCUT2D eigenvalue weighted by Crippen LogP contribution is -2.44. The molecule has 2 N–H and O–H groups in total. The van der Waals surface area contributed by atoms with E-state index in [1.807, 2.05) is 32.9 Å². The first-order chi connectivity index (χ1) is 9.44. The summed E-state index contributed by atoms with van der Waals surface area (Å²) < 4.78 is 5.47. The number of benzene rings is 1. The number of para-hydroxylation sites is 1. The topological polar surface area (TPSA) is 54.1 Å². The van der Waals surface area contributed by atoms with Crippen LogP contribution in [0.25, 0.3) is 10.9 Å². The Kier molecular flexibility index (Phi) is 3.05. The van der Waals surface area contributed by atoms with Crippen LogP contribution in [-0.2, 0) is 22.5 Å². The second-order valence-electron chi connectivity index (χ2n) is 6.30. The summed E-state index contributed by atoms with van der Waals surface area (Å²) in [6.45, 7) is 6.36. The highest BCUT2D eigenvalue weighted by Crippen LogP contribution is 2.27. The van der Waals surface area contributed by atoms with Crippen LogP contribution < -0.4 is 5.32 Å². The lowest BCUT2D eigenvalue weighted by molar-refractivity contribution is -0.157. The predicted molar refractivity (Wildman–Crippen MR) is 78.5 cm³/mol. The molecule has 1 atom stereocenters. The SMILES string of the molecule is CC(C)(C)OC(=O)[C@H]1Cc2c([nH]c3ccccc23)CN1. The molecule has 0 spiro atoms. The van der Waals surface area contributed by atoms with Crippen LogP contribution in [0.3, 0.4) is 0 Å². The van der Waals surface area contributed by atoms with Crippen molar-refractivity contribution in [3.8, 4) is 0 Å². The van der Waals surface area contributed by atoms with E-state index in [0.717, 1.165) is 5.52 Å². The molecule has 0 unspecified atom stereocenters. The Hall–Kier alpha value is -1.81. The summed E-state index contributed by atoms with van der Waals surface area (Å²) >= 11 is 0. The van der Waals surface area contributed by atoms with Gasteiger partial charge in [0.05, 0.1) is 0 Å². The monoisotopic (exact) mass is 272 g/mol. The molecule has 0 amide bonds. The van der Waals surface area contributed by atoms with Gasteiger partial charge in [-0.2, -0.15) is 0 Å². The van der Waals surface area contributed by atoms with E-state index < -0.39 is 5.60 Å². The van der Waals surface area contributed by atoms with Gasteiger partial charge in [-0.1, -0.05) is 18.2 Å². The standard InChI is InChI=1S/C16H20N2O2/c1-16(2,3)20-15(19)13-8-11-10-6-4-5-7-12(10)18-14(11)9-17-13/h4-7,13,17-18H,8-9H2,1-3H3/t13-/m1/s1. The Labute approximate surface area is 118 Å². The van der Waals surface area contributed by atoms with Crippen LogP contribution in [0.4, 0.5) is 0 Å². The third-order valence-electron chi connectivity index (χ3n) is 3.53. The molecular weight excluding hydrogens is 252 g/mol. The molecule has 0 saturated heterocycles. The maximum atomic E-state index is 12.2. The summed E-state index contributed by atoms with van der Waals surface area (Å²) in [4.78, 5) is 15.6. The van der Waals surface area contributed by atoms with E-state index in [2.05, 4.69) is 22.4 Å². The quantitative estimate of drug-likeness (QED) is 0.784. The second kappa shape index (κ2) is 4.63. The number of ether oxygens (including phenoxy) is 1. The van der Waals surface area contributed by atoms with Crippen molar-refractivity contribution in [3.63, 3.8) is 0 Å². The summed E-state index contributed by atoms with van der Waals surface area (Å²) in [6, 6.07) is 7.95. The normalized spacial score (nSPS) is 18.9. The molecule has 2 heterocycles. The highest BCUT2D eigenvalue weighted by atomic mass is 16.6. The number of carbonyl (C=O) groups is 1. The van der Waals surface area contributed by atoms with E-state index in [-0.39, 0.29) is 12.0 Å². The molecule has 4 nitrogen and oxygen atoms in total. The zero-order valence-electron chi connectivity index (χ0n) is 12.1. The number of H-pyrrole nitrogens is 1. The Balaban J connectivity index is 1.86. The van der Waals surface area contributed by atoms with Crippen LogP contribution in [0.2, 0.25) is 0 Å². The molecule has 0 bridgehead atoms. The van der Waals surface area contributed by atoms with Crippen molar-refractivity contribution in [1.82, 2.24) is 10.3 Å². The number of aromatic nitrogens is 1. The minimum Gasteiger partial charge on any atom is -0.459 e. The van der Waals surface area contributed by atoms with E-state index in [9.17, 15) is 4.79 Å². The minimum atomic E-state index is -0.445. The van der Waals surface area contributed by atoms with Crippen LogP contribution in [0.5, 0.6) is 0 Å². The average Bonchev–Trinajstić information content (AvgIpc) is 2.74. The molecule has 0 radical (unpaired) electrons. The van der Waals surface area contributed by atoms with Gasteiger partial charge < -0.3 is 9.72 Å². The smallest absolute Gasteiger partial charge is 0.324 e. The van der Waals surface area contributed by atoms with E-state index in [1.165, 1.54) is 16.6 Å². The summed E-state index contributed by atoms with van der Waals surface area (Å²) in [5, 5.41) is 4.46. The van der Waals surface area contributed by atoms with Crippen LogP contribution in [0, 0.1) is 0 Å². The van der Waals surface area contributed by atoms with Gasteiger partial charge in [-0.05, 0) is 32.4 Å². The Bertz CT molecular complexity index is 652. The molecule has 0 fully saturated rings. The Morgan fingerprint density at radius 2 is 2.05 bits per heavy atom. The molecule has 1 aliphatic heterocycles. The van der Waals surface area contributed by atoms with E-state index >= 15 is 0 Å². The Morgan fingerprint density at radius 3 is 2.80 bits per heavy atom. The van der Waals surface area contributed by atoms with E-state index in [0.29, 0.717) is 13.0 Å². The molecule has 1 aliphatic rings. The van der Waals surface area contributed by atoms with Crippen molar-refractivity contribution in [2.24, 2.45) is 0 Å². The van der Waals surface area contributed by atoms with Crippen LogP contribution in [-0.4, -0.2) is 22.6 Å². The fourth-order valence-electron chi connectivity index (χ4n) is 2.68. The van der Waals surface area contributed by atoms with Gasteiger partial charge in [0.1, 0.15) is 11.6 Å². The van der Waals surface area contributed by atoms with Crippen molar-refractivity contribution in [2.45, 2.75) is 45.4 Å². The molecule has 3 rings (SSSR count). The van der Waals surface area contributed by atoms with E-state index in [1.54, 1.807) is 0 Å². The molecule has 20 heavy (non-hydrogen) atoms. The van der Waals surface area contributed by atoms with Crippen molar-refractivity contribution in [3.05, 3.63) is 35.5 Å². The fraction of sp³-hybridized carbons (Fsp3) is 0.438. The third-order valence-corrected chi connectivity index (χ3v) is 3.53. The summed E-state index contributed by atoms with van der Waals surface area (Å²) in [7, 11) is 0. The predicted octanol–water partition coefficient (Wildman–Crippen LogP) is 2.52. The number of carbonyl (C=O) groups excluding carboxylic acids is 1. The lowest BCUT2D eigenvalue weighted by Gasteiger charge is -2.27. The molecule has 1 aromatic heterocycles. The second-order valence-corrected chi connectivity index (χ2v) is 6.30. The summed E-state index contributed by atoms with van der Waals surface area (Å²) in [5.74, 6) is -0.173. The lowest BCUT2D eigenvalue weighted by atomic mass is 9.98. The molecule has 1 aromatic carbocycles. The summed E-state index contributed by atoms with van der Waals surface area (Å²) in [5.41, 5.74) is 3.09. The molecule has 106 valence electrons. The van der Waals surface area contributed by atoms with E-state index in [4.69, 9.17) is 4.74 Å². The first-order valence-electron chi connectivity index (χ1n) is 6.99. The first kappa shape index (κ1) is 13.2. The highest BCUT2D eigenvalue weighted by molar-refractivity contribution is 5.86. The van der Waals surface area contributed by atoms with Gasteiger partial charge >= 0.3 is 5.97 Å². The first-order valence-corrected chi connectivity index (χ1v) is 6.99. The maximum absolute atomic E-state index is 12.2. The van der Waals surface area contributed by atoms with Crippen molar-refractivity contribution >= 4 is 16.9 Å².